The maximum atomic E-state index is 12.0. The third-order valence-corrected chi connectivity index (χ3v) is 4.18. The average molecular weight is 351 g/mol. The van der Waals surface area contributed by atoms with Crippen molar-refractivity contribution in [1.29, 1.82) is 0 Å². The van der Waals surface area contributed by atoms with Gasteiger partial charge in [-0.2, -0.15) is 0 Å². The highest BCUT2D eigenvalue weighted by Crippen LogP contribution is 2.24. The van der Waals surface area contributed by atoms with Crippen LogP contribution in [0.25, 0.3) is 0 Å². The van der Waals surface area contributed by atoms with Crippen molar-refractivity contribution in [3.05, 3.63) is 28.8 Å². The number of nitrogens with one attached hydrogen (secondary N) is 2. The molecule has 0 aliphatic rings. The van der Waals surface area contributed by atoms with Gasteiger partial charge in [-0.15, -0.1) is 0 Å². The summed E-state index contributed by atoms with van der Waals surface area (Å²) in [5.74, 6) is -0.347. The average Bonchev–Trinajstić information content (AvgIpc) is 2.45. The summed E-state index contributed by atoms with van der Waals surface area (Å²) < 4.78 is 36.1. The van der Waals surface area contributed by atoms with E-state index in [1.54, 1.807) is 12.1 Å². The molecule has 0 aromatic heterocycles. The Kier molecular flexibility index (Phi) is 7.60. The first kappa shape index (κ1) is 18.7. The van der Waals surface area contributed by atoms with E-state index in [0.717, 1.165) is 0 Å². The minimum absolute atomic E-state index is 0.319. The molecule has 0 aliphatic heterocycles. The number of benzene rings is 1. The molecule has 0 unspecified atom stereocenters. The molecule has 0 atom stereocenters. The Morgan fingerprint density at radius 1 is 1.32 bits per heavy atom. The van der Waals surface area contributed by atoms with Gasteiger partial charge in [0.2, 0.25) is 15.9 Å². The SMILES string of the molecule is COCCNC(=O)CNS(=O)(=O)Cc1cc(Cl)ccc1OC. The fourth-order valence-electron chi connectivity index (χ4n) is 1.65. The van der Waals surface area contributed by atoms with Gasteiger partial charge in [0.05, 0.1) is 26.0 Å². The lowest BCUT2D eigenvalue weighted by Gasteiger charge is -2.11. The number of carbonyl (C=O) groups is 1. The lowest BCUT2D eigenvalue weighted by Crippen LogP contribution is -2.38. The molecule has 0 heterocycles. The van der Waals surface area contributed by atoms with E-state index in [4.69, 9.17) is 21.1 Å². The Balaban J connectivity index is 2.61. The summed E-state index contributed by atoms with van der Waals surface area (Å²) in [6.07, 6.45) is 0. The fourth-order valence-corrected chi connectivity index (χ4v) is 2.93. The first-order chi connectivity index (χ1) is 10.4. The fraction of sp³-hybridized carbons (Fsp3) is 0.462. The number of ether oxygens (including phenoxy) is 2. The van der Waals surface area contributed by atoms with Crippen molar-refractivity contribution >= 4 is 27.5 Å². The number of hydrogen-bond acceptors (Lipinski definition) is 5. The van der Waals surface area contributed by atoms with Gasteiger partial charge in [0.15, 0.2) is 0 Å². The van der Waals surface area contributed by atoms with Crippen LogP contribution in [-0.2, 0) is 25.3 Å². The molecule has 1 aromatic carbocycles. The molecule has 0 fully saturated rings. The number of methoxy groups -OCH3 is 2. The highest BCUT2D eigenvalue weighted by Gasteiger charge is 2.16. The monoisotopic (exact) mass is 350 g/mol. The molecular formula is C13H19ClN2O5S. The van der Waals surface area contributed by atoms with E-state index in [2.05, 4.69) is 10.0 Å². The van der Waals surface area contributed by atoms with Gasteiger partial charge >= 0.3 is 0 Å². The summed E-state index contributed by atoms with van der Waals surface area (Å²) in [4.78, 5) is 11.5. The number of rotatable bonds is 9. The Hall–Kier alpha value is -1.35. The topological polar surface area (TPSA) is 93.7 Å². The van der Waals surface area contributed by atoms with Crippen molar-refractivity contribution in [2.24, 2.45) is 0 Å². The molecule has 1 aromatic rings. The Bertz CT molecular complexity index is 606. The van der Waals surface area contributed by atoms with Gasteiger partial charge in [-0.3, -0.25) is 4.79 Å². The third kappa shape index (κ3) is 6.61. The number of amides is 1. The Morgan fingerprint density at radius 3 is 2.68 bits per heavy atom. The molecule has 22 heavy (non-hydrogen) atoms. The Labute approximate surface area is 135 Å². The lowest BCUT2D eigenvalue weighted by molar-refractivity contribution is -0.120. The Morgan fingerprint density at radius 2 is 2.05 bits per heavy atom. The zero-order chi connectivity index (χ0) is 16.6. The molecule has 0 radical (unpaired) electrons. The van der Waals surface area contributed by atoms with Crippen LogP contribution in [0.15, 0.2) is 18.2 Å². The molecule has 7 nitrogen and oxygen atoms in total. The van der Waals surface area contributed by atoms with Crippen LogP contribution in [-0.4, -0.2) is 48.2 Å². The predicted octanol–water partition coefficient (Wildman–Crippen LogP) is 0.531. The van der Waals surface area contributed by atoms with Crippen molar-refractivity contribution in [2.75, 3.05) is 33.9 Å². The van der Waals surface area contributed by atoms with Gasteiger partial charge in [-0.1, -0.05) is 11.6 Å². The molecule has 9 heteroatoms. The predicted molar refractivity (Wildman–Crippen MR) is 83.5 cm³/mol. The second-order valence-corrected chi connectivity index (χ2v) is 6.62. The highest BCUT2D eigenvalue weighted by molar-refractivity contribution is 7.88. The maximum absolute atomic E-state index is 12.0. The van der Waals surface area contributed by atoms with E-state index >= 15 is 0 Å². The standard InChI is InChI=1S/C13H19ClN2O5S/c1-20-6-5-15-13(17)8-16-22(18,19)9-10-7-11(14)3-4-12(10)21-2/h3-4,7,16H,5-6,8-9H2,1-2H3,(H,15,17). The van der Waals surface area contributed by atoms with Crippen LogP contribution in [0.1, 0.15) is 5.56 Å². The summed E-state index contributed by atoms with van der Waals surface area (Å²) in [5, 5.41) is 2.92. The van der Waals surface area contributed by atoms with E-state index in [0.29, 0.717) is 29.5 Å². The van der Waals surface area contributed by atoms with Gasteiger partial charge in [0.1, 0.15) is 5.75 Å². The minimum atomic E-state index is -3.69. The maximum Gasteiger partial charge on any atom is 0.235 e. The minimum Gasteiger partial charge on any atom is -0.496 e. The van der Waals surface area contributed by atoms with E-state index in [1.807, 2.05) is 0 Å². The zero-order valence-electron chi connectivity index (χ0n) is 12.4. The molecular weight excluding hydrogens is 332 g/mol. The van der Waals surface area contributed by atoms with E-state index in [1.165, 1.54) is 20.3 Å². The van der Waals surface area contributed by atoms with Crippen LogP contribution in [0.4, 0.5) is 0 Å². The third-order valence-electron chi connectivity index (χ3n) is 2.67. The smallest absolute Gasteiger partial charge is 0.235 e. The van der Waals surface area contributed by atoms with Crippen LogP contribution >= 0.6 is 11.6 Å². The normalized spacial score (nSPS) is 11.2. The molecule has 0 bridgehead atoms. The zero-order valence-corrected chi connectivity index (χ0v) is 14.0. The van der Waals surface area contributed by atoms with Crippen molar-refractivity contribution in [2.45, 2.75) is 5.75 Å². The number of hydrogen-bond donors (Lipinski definition) is 2. The highest BCUT2D eigenvalue weighted by atomic mass is 35.5. The van der Waals surface area contributed by atoms with Crippen molar-refractivity contribution in [3.8, 4) is 5.75 Å². The molecule has 124 valence electrons. The number of halogens is 1. The lowest BCUT2D eigenvalue weighted by atomic mass is 10.2. The van der Waals surface area contributed by atoms with Crippen LogP contribution in [0, 0.1) is 0 Å². The van der Waals surface area contributed by atoms with Crippen LogP contribution in [0.3, 0.4) is 0 Å². The quantitative estimate of drug-likeness (QED) is 0.634. The van der Waals surface area contributed by atoms with Crippen molar-refractivity contribution in [3.63, 3.8) is 0 Å². The van der Waals surface area contributed by atoms with Crippen molar-refractivity contribution < 1.29 is 22.7 Å². The second-order valence-electron chi connectivity index (χ2n) is 4.38. The summed E-state index contributed by atoms with van der Waals surface area (Å²) in [6.45, 7) is 0.340. The van der Waals surface area contributed by atoms with Gasteiger partial charge < -0.3 is 14.8 Å². The first-order valence-electron chi connectivity index (χ1n) is 6.43. The molecule has 0 saturated carbocycles. The largest absolute Gasteiger partial charge is 0.496 e. The summed E-state index contributed by atoms with van der Waals surface area (Å²) in [5.41, 5.74) is 0.419. The summed E-state index contributed by atoms with van der Waals surface area (Å²) in [6, 6.07) is 4.70. The van der Waals surface area contributed by atoms with Gasteiger partial charge in [0.25, 0.3) is 0 Å². The molecule has 0 saturated heterocycles. The summed E-state index contributed by atoms with van der Waals surface area (Å²) in [7, 11) is -0.743. The molecule has 1 amide bonds. The molecule has 0 aliphatic carbocycles. The van der Waals surface area contributed by atoms with Crippen LogP contribution in [0.5, 0.6) is 5.75 Å². The second kappa shape index (κ2) is 8.94. The van der Waals surface area contributed by atoms with Crippen LogP contribution in [0.2, 0.25) is 5.02 Å². The van der Waals surface area contributed by atoms with Gasteiger partial charge in [0, 0.05) is 24.2 Å². The van der Waals surface area contributed by atoms with E-state index in [9.17, 15) is 13.2 Å². The van der Waals surface area contributed by atoms with E-state index in [-0.39, 0.29) is 12.3 Å². The van der Waals surface area contributed by atoms with Crippen LogP contribution < -0.4 is 14.8 Å². The van der Waals surface area contributed by atoms with Gasteiger partial charge in [-0.25, -0.2) is 13.1 Å². The number of carbonyl (C=O) groups excluding carboxylic acids is 1. The summed E-state index contributed by atoms with van der Waals surface area (Å²) >= 11 is 5.85. The first-order valence-corrected chi connectivity index (χ1v) is 8.46. The van der Waals surface area contributed by atoms with E-state index < -0.39 is 15.9 Å². The molecule has 0 spiro atoms. The van der Waals surface area contributed by atoms with Gasteiger partial charge in [-0.05, 0) is 18.2 Å². The van der Waals surface area contributed by atoms with Crippen molar-refractivity contribution in [1.82, 2.24) is 10.0 Å². The number of sulfonamides is 1. The molecule has 2 N–H and O–H groups in total. The molecule has 1 rings (SSSR count).